The van der Waals surface area contributed by atoms with Crippen molar-refractivity contribution in [2.75, 3.05) is 6.61 Å². The first-order valence-electron chi connectivity index (χ1n) is 7.19. The van der Waals surface area contributed by atoms with E-state index in [1.165, 1.54) is 0 Å². The van der Waals surface area contributed by atoms with Gasteiger partial charge in [0.25, 0.3) is 0 Å². The van der Waals surface area contributed by atoms with Crippen LogP contribution in [-0.4, -0.2) is 12.6 Å². The Balaban J connectivity index is 1.60. The van der Waals surface area contributed by atoms with Crippen molar-refractivity contribution < 1.29 is 14.3 Å². The van der Waals surface area contributed by atoms with E-state index in [0.29, 0.717) is 19.6 Å². The molecule has 3 nitrogen and oxygen atoms in total. The van der Waals surface area contributed by atoms with Crippen LogP contribution >= 0.6 is 0 Å². The maximum Gasteiger partial charge on any atom is 0.306 e. The zero-order chi connectivity index (χ0) is 14.5. The molecule has 2 atom stereocenters. The molecule has 0 radical (unpaired) electrons. The van der Waals surface area contributed by atoms with E-state index in [4.69, 9.17) is 9.47 Å². The van der Waals surface area contributed by atoms with Crippen LogP contribution in [0, 0.1) is 5.92 Å². The van der Waals surface area contributed by atoms with E-state index in [1.54, 1.807) is 0 Å². The predicted molar refractivity (Wildman–Crippen MR) is 79.5 cm³/mol. The molecule has 0 bridgehead atoms. The molecule has 21 heavy (non-hydrogen) atoms. The average molecular weight is 282 g/mol. The average Bonchev–Trinajstić information content (AvgIpc) is 2.90. The molecule has 2 aromatic carbocycles. The van der Waals surface area contributed by atoms with Crippen molar-refractivity contribution in [2.45, 2.75) is 19.1 Å². The Morgan fingerprint density at radius 2 is 1.67 bits per heavy atom. The second-order valence-electron chi connectivity index (χ2n) is 5.29. The summed E-state index contributed by atoms with van der Waals surface area (Å²) < 4.78 is 11.2. The third-order valence-corrected chi connectivity index (χ3v) is 3.69. The third kappa shape index (κ3) is 3.50. The van der Waals surface area contributed by atoms with Gasteiger partial charge in [-0.1, -0.05) is 60.7 Å². The largest absolute Gasteiger partial charge is 0.457 e. The predicted octanol–water partition coefficient (Wildman–Crippen LogP) is 3.51. The minimum atomic E-state index is -0.186. The van der Waals surface area contributed by atoms with E-state index in [9.17, 15) is 4.79 Å². The summed E-state index contributed by atoms with van der Waals surface area (Å²) in [5.41, 5.74) is 2.18. The number of benzene rings is 2. The summed E-state index contributed by atoms with van der Waals surface area (Å²) in [5, 5.41) is 0. The van der Waals surface area contributed by atoms with E-state index in [2.05, 4.69) is 0 Å². The Hall–Kier alpha value is -2.13. The van der Waals surface area contributed by atoms with E-state index in [0.717, 1.165) is 11.1 Å². The van der Waals surface area contributed by atoms with E-state index < -0.39 is 0 Å². The lowest BCUT2D eigenvalue weighted by Gasteiger charge is -2.18. The van der Waals surface area contributed by atoms with Crippen molar-refractivity contribution in [3.63, 3.8) is 0 Å². The molecular formula is C18H18O3. The number of carbonyl (C=O) groups is 1. The van der Waals surface area contributed by atoms with Crippen molar-refractivity contribution in [3.8, 4) is 0 Å². The van der Waals surface area contributed by atoms with Gasteiger partial charge in [-0.3, -0.25) is 4.79 Å². The lowest BCUT2D eigenvalue weighted by Crippen LogP contribution is -2.14. The SMILES string of the molecule is O=C1C[C@H](COCc2ccccc2)[C@@H](c2ccccc2)O1. The van der Waals surface area contributed by atoms with Gasteiger partial charge in [0, 0.05) is 5.92 Å². The van der Waals surface area contributed by atoms with Gasteiger partial charge in [-0.15, -0.1) is 0 Å². The maximum absolute atomic E-state index is 11.6. The molecule has 0 aromatic heterocycles. The first-order valence-corrected chi connectivity index (χ1v) is 7.19. The quantitative estimate of drug-likeness (QED) is 0.787. The standard InChI is InChI=1S/C18H18O3/c19-17-11-16(13-20-12-14-7-3-1-4-8-14)18(21-17)15-9-5-2-6-10-15/h1-10,16,18H,11-13H2/t16-,18-/m1/s1. The lowest BCUT2D eigenvalue weighted by atomic mass is 9.96. The van der Waals surface area contributed by atoms with Crippen LogP contribution in [0.25, 0.3) is 0 Å². The van der Waals surface area contributed by atoms with Gasteiger partial charge in [-0.05, 0) is 11.1 Å². The molecular weight excluding hydrogens is 264 g/mol. The van der Waals surface area contributed by atoms with Gasteiger partial charge in [0.1, 0.15) is 6.10 Å². The second-order valence-corrected chi connectivity index (χ2v) is 5.29. The molecule has 1 saturated heterocycles. The van der Waals surface area contributed by atoms with E-state index in [-0.39, 0.29) is 18.0 Å². The highest BCUT2D eigenvalue weighted by Gasteiger charge is 2.35. The van der Waals surface area contributed by atoms with Crippen molar-refractivity contribution in [3.05, 3.63) is 71.8 Å². The minimum absolute atomic E-state index is 0.0867. The molecule has 3 rings (SSSR count). The van der Waals surface area contributed by atoms with Gasteiger partial charge >= 0.3 is 5.97 Å². The summed E-state index contributed by atoms with van der Waals surface area (Å²) in [5.74, 6) is -0.0548. The molecule has 2 aromatic rings. The van der Waals surface area contributed by atoms with Crippen molar-refractivity contribution >= 4 is 5.97 Å². The highest BCUT2D eigenvalue weighted by atomic mass is 16.6. The van der Waals surface area contributed by atoms with Crippen molar-refractivity contribution in [1.82, 2.24) is 0 Å². The molecule has 0 aliphatic carbocycles. The molecule has 1 heterocycles. The molecule has 1 fully saturated rings. The fourth-order valence-corrected chi connectivity index (χ4v) is 2.64. The minimum Gasteiger partial charge on any atom is -0.457 e. The van der Waals surface area contributed by atoms with Crippen molar-refractivity contribution in [1.29, 1.82) is 0 Å². The van der Waals surface area contributed by atoms with Gasteiger partial charge in [-0.25, -0.2) is 0 Å². The highest BCUT2D eigenvalue weighted by Crippen LogP contribution is 2.35. The second kappa shape index (κ2) is 6.55. The molecule has 0 saturated carbocycles. The number of rotatable bonds is 5. The zero-order valence-electron chi connectivity index (χ0n) is 11.8. The molecule has 0 spiro atoms. The first-order chi connectivity index (χ1) is 10.3. The number of ether oxygens (including phenoxy) is 2. The third-order valence-electron chi connectivity index (χ3n) is 3.69. The summed E-state index contributed by atoms with van der Waals surface area (Å²) in [4.78, 5) is 11.6. The lowest BCUT2D eigenvalue weighted by molar-refractivity contribution is -0.141. The van der Waals surface area contributed by atoms with Gasteiger partial charge in [0.05, 0.1) is 19.6 Å². The Labute approximate surface area is 124 Å². The van der Waals surface area contributed by atoms with Crippen LogP contribution in [0.4, 0.5) is 0 Å². The number of hydrogen-bond acceptors (Lipinski definition) is 3. The van der Waals surface area contributed by atoms with Gasteiger partial charge in [0.15, 0.2) is 0 Å². The Bertz CT molecular complexity index is 580. The summed E-state index contributed by atoms with van der Waals surface area (Å²) in [7, 11) is 0. The van der Waals surface area contributed by atoms with E-state index in [1.807, 2.05) is 60.7 Å². The molecule has 3 heteroatoms. The number of hydrogen-bond donors (Lipinski definition) is 0. The Morgan fingerprint density at radius 3 is 2.38 bits per heavy atom. The van der Waals surface area contributed by atoms with Crippen LogP contribution < -0.4 is 0 Å². The van der Waals surface area contributed by atoms with Crippen LogP contribution in [0.2, 0.25) is 0 Å². The number of esters is 1. The molecule has 0 amide bonds. The smallest absolute Gasteiger partial charge is 0.306 e. The molecule has 108 valence electrons. The van der Waals surface area contributed by atoms with Crippen LogP contribution in [-0.2, 0) is 20.9 Å². The maximum atomic E-state index is 11.6. The fraction of sp³-hybridized carbons (Fsp3) is 0.278. The van der Waals surface area contributed by atoms with E-state index >= 15 is 0 Å². The van der Waals surface area contributed by atoms with Crippen molar-refractivity contribution in [2.24, 2.45) is 5.92 Å². The number of cyclic esters (lactones) is 1. The highest BCUT2D eigenvalue weighted by molar-refractivity contribution is 5.72. The summed E-state index contributed by atoms with van der Waals surface area (Å²) in [6.07, 6.45) is 0.239. The Kier molecular flexibility index (Phi) is 4.31. The Morgan fingerprint density at radius 1 is 1.00 bits per heavy atom. The normalized spacial score (nSPS) is 21.2. The first kappa shape index (κ1) is 13.8. The van der Waals surface area contributed by atoms with Crippen LogP contribution in [0.15, 0.2) is 60.7 Å². The summed E-state index contributed by atoms with van der Waals surface area (Å²) >= 11 is 0. The summed E-state index contributed by atoms with van der Waals surface area (Å²) in [6, 6.07) is 19.9. The molecule has 1 aliphatic rings. The van der Waals surface area contributed by atoms with Gasteiger partial charge < -0.3 is 9.47 Å². The zero-order valence-corrected chi connectivity index (χ0v) is 11.8. The van der Waals surface area contributed by atoms with Crippen LogP contribution in [0.1, 0.15) is 23.7 Å². The fourth-order valence-electron chi connectivity index (χ4n) is 2.64. The van der Waals surface area contributed by atoms with Gasteiger partial charge in [-0.2, -0.15) is 0 Å². The van der Waals surface area contributed by atoms with Gasteiger partial charge in [0.2, 0.25) is 0 Å². The molecule has 1 aliphatic heterocycles. The number of carbonyl (C=O) groups excluding carboxylic acids is 1. The monoisotopic (exact) mass is 282 g/mol. The van der Waals surface area contributed by atoms with Crippen LogP contribution in [0.5, 0.6) is 0 Å². The van der Waals surface area contributed by atoms with Crippen LogP contribution in [0.3, 0.4) is 0 Å². The molecule has 0 unspecified atom stereocenters. The molecule has 0 N–H and O–H groups in total. The summed E-state index contributed by atoms with van der Waals surface area (Å²) in [6.45, 7) is 1.09. The topological polar surface area (TPSA) is 35.5 Å².